The van der Waals surface area contributed by atoms with Crippen LogP contribution in [-0.4, -0.2) is 16.4 Å². The molecule has 1 aromatic carbocycles. The number of benzene rings is 1. The zero-order chi connectivity index (χ0) is 14.4. The van der Waals surface area contributed by atoms with Gasteiger partial charge in [0.15, 0.2) is 0 Å². The molecule has 102 valence electrons. The van der Waals surface area contributed by atoms with E-state index >= 15 is 0 Å². The van der Waals surface area contributed by atoms with E-state index in [0.29, 0.717) is 12.1 Å². The number of rotatable bonds is 5. The Morgan fingerprint density at radius 1 is 1.20 bits per heavy atom. The molecule has 0 unspecified atom stereocenters. The van der Waals surface area contributed by atoms with Gasteiger partial charge in [-0.05, 0) is 30.3 Å². The highest BCUT2D eigenvalue weighted by atomic mass is 19.1. The van der Waals surface area contributed by atoms with E-state index in [2.05, 4.69) is 9.88 Å². The number of aromatic nitrogens is 1. The number of hydrogen-bond donors (Lipinski definition) is 0. The number of pyridine rings is 1. The number of halogens is 1. The average Bonchev–Trinajstić information content (AvgIpc) is 2.49. The molecule has 1 aromatic heterocycles. The Bertz CT molecular complexity index is 605. The zero-order valence-corrected chi connectivity index (χ0v) is 11.4. The van der Waals surface area contributed by atoms with Gasteiger partial charge < -0.3 is 0 Å². The Hall–Kier alpha value is -2.25. The fourth-order valence-electron chi connectivity index (χ4n) is 2.06. The Kier molecular flexibility index (Phi) is 4.80. The van der Waals surface area contributed by atoms with Gasteiger partial charge in [-0.15, -0.1) is 0 Å². The SMILES string of the molecule is CCN(Cc1ccncc1)Cc1cccc(C#N)c1F. The lowest BCUT2D eigenvalue weighted by molar-refractivity contribution is 0.267. The number of nitrogens with zero attached hydrogens (tertiary/aromatic N) is 3. The number of hydrogen-bond acceptors (Lipinski definition) is 3. The molecule has 0 spiro atoms. The Balaban J connectivity index is 2.13. The molecule has 0 atom stereocenters. The Morgan fingerprint density at radius 2 is 1.95 bits per heavy atom. The minimum Gasteiger partial charge on any atom is -0.295 e. The fraction of sp³-hybridized carbons (Fsp3) is 0.250. The van der Waals surface area contributed by atoms with E-state index in [-0.39, 0.29) is 5.56 Å². The summed E-state index contributed by atoms with van der Waals surface area (Å²) in [5, 5.41) is 8.86. The average molecular weight is 269 g/mol. The van der Waals surface area contributed by atoms with Crippen molar-refractivity contribution < 1.29 is 4.39 Å². The first-order chi connectivity index (χ1) is 9.74. The van der Waals surface area contributed by atoms with Crippen LogP contribution in [0.25, 0.3) is 0 Å². The Morgan fingerprint density at radius 3 is 2.60 bits per heavy atom. The van der Waals surface area contributed by atoms with Crippen LogP contribution >= 0.6 is 0 Å². The van der Waals surface area contributed by atoms with Crippen LogP contribution in [0.1, 0.15) is 23.6 Å². The van der Waals surface area contributed by atoms with Crippen LogP contribution in [0.3, 0.4) is 0 Å². The lowest BCUT2D eigenvalue weighted by atomic mass is 10.1. The standard InChI is InChI=1S/C16H16FN3/c1-2-20(11-13-6-8-19-9-7-13)12-15-5-3-4-14(10-18)16(15)17/h3-9H,2,11-12H2,1H3. The second-order valence-electron chi connectivity index (χ2n) is 4.55. The molecular formula is C16H16FN3. The topological polar surface area (TPSA) is 39.9 Å². The first-order valence-electron chi connectivity index (χ1n) is 6.53. The van der Waals surface area contributed by atoms with Gasteiger partial charge >= 0.3 is 0 Å². The maximum atomic E-state index is 14.0. The van der Waals surface area contributed by atoms with E-state index in [4.69, 9.17) is 5.26 Å². The van der Waals surface area contributed by atoms with Crippen molar-refractivity contribution >= 4 is 0 Å². The monoisotopic (exact) mass is 269 g/mol. The van der Waals surface area contributed by atoms with Crippen LogP contribution in [0.4, 0.5) is 4.39 Å². The predicted molar refractivity (Wildman–Crippen MR) is 75.1 cm³/mol. The van der Waals surface area contributed by atoms with Crippen LogP contribution in [0.5, 0.6) is 0 Å². The largest absolute Gasteiger partial charge is 0.295 e. The minimum absolute atomic E-state index is 0.0995. The van der Waals surface area contributed by atoms with E-state index in [1.54, 1.807) is 24.5 Å². The molecule has 0 N–H and O–H groups in total. The van der Waals surface area contributed by atoms with Gasteiger partial charge in [0.05, 0.1) is 5.56 Å². The summed E-state index contributed by atoms with van der Waals surface area (Å²) in [5.41, 5.74) is 1.79. The summed E-state index contributed by atoms with van der Waals surface area (Å²) in [6, 6.07) is 10.7. The molecule has 0 aliphatic rings. The van der Waals surface area contributed by atoms with Crippen molar-refractivity contribution in [2.75, 3.05) is 6.54 Å². The molecular weight excluding hydrogens is 253 g/mol. The molecule has 20 heavy (non-hydrogen) atoms. The molecule has 1 heterocycles. The number of nitriles is 1. The second kappa shape index (κ2) is 6.78. The van der Waals surface area contributed by atoms with Gasteiger partial charge in [-0.2, -0.15) is 5.26 Å². The van der Waals surface area contributed by atoms with Crippen molar-refractivity contribution in [3.05, 3.63) is 65.2 Å². The molecule has 0 saturated carbocycles. The van der Waals surface area contributed by atoms with E-state index in [9.17, 15) is 4.39 Å². The quantitative estimate of drug-likeness (QED) is 0.837. The minimum atomic E-state index is -0.414. The zero-order valence-electron chi connectivity index (χ0n) is 11.4. The smallest absolute Gasteiger partial charge is 0.145 e. The first-order valence-corrected chi connectivity index (χ1v) is 6.53. The van der Waals surface area contributed by atoms with E-state index in [1.807, 2.05) is 25.1 Å². The third kappa shape index (κ3) is 3.40. The lowest BCUT2D eigenvalue weighted by Gasteiger charge is -2.21. The molecule has 2 aromatic rings. The summed E-state index contributed by atoms with van der Waals surface area (Å²) in [4.78, 5) is 6.10. The molecule has 0 bridgehead atoms. The first kappa shape index (κ1) is 14.2. The van der Waals surface area contributed by atoms with E-state index in [0.717, 1.165) is 18.7 Å². The summed E-state index contributed by atoms with van der Waals surface area (Å²) in [6.07, 6.45) is 3.50. The highest BCUT2D eigenvalue weighted by Gasteiger charge is 2.11. The second-order valence-corrected chi connectivity index (χ2v) is 4.55. The molecule has 0 fully saturated rings. The summed E-state index contributed by atoms with van der Waals surface area (Å²) in [7, 11) is 0. The van der Waals surface area contributed by atoms with Crippen molar-refractivity contribution in [1.82, 2.24) is 9.88 Å². The van der Waals surface area contributed by atoms with Crippen LogP contribution < -0.4 is 0 Å². The molecule has 0 amide bonds. The third-order valence-corrected chi connectivity index (χ3v) is 3.20. The van der Waals surface area contributed by atoms with Crippen LogP contribution in [-0.2, 0) is 13.1 Å². The highest BCUT2D eigenvalue weighted by molar-refractivity contribution is 5.34. The molecule has 4 heteroatoms. The van der Waals surface area contributed by atoms with E-state index < -0.39 is 5.82 Å². The van der Waals surface area contributed by atoms with Crippen molar-refractivity contribution in [3.8, 4) is 6.07 Å². The predicted octanol–water partition coefficient (Wildman–Crippen LogP) is 3.11. The third-order valence-electron chi connectivity index (χ3n) is 3.20. The van der Waals surface area contributed by atoms with Crippen LogP contribution in [0.15, 0.2) is 42.7 Å². The summed E-state index contributed by atoms with van der Waals surface area (Å²) >= 11 is 0. The Labute approximate surface area is 118 Å². The molecule has 2 rings (SSSR count). The van der Waals surface area contributed by atoms with Gasteiger partial charge in [-0.1, -0.05) is 19.1 Å². The van der Waals surface area contributed by atoms with Crippen LogP contribution in [0, 0.1) is 17.1 Å². The van der Waals surface area contributed by atoms with Gasteiger partial charge in [-0.25, -0.2) is 4.39 Å². The van der Waals surface area contributed by atoms with Crippen molar-refractivity contribution in [2.45, 2.75) is 20.0 Å². The van der Waals surface area contributed by atoms with Gasteiger partial charge in [0.25, 0.3) is 0 Å². The fourth-order valence-corrected chi connectivity index (χ4v) is 2.06. The van der Waals surface area contributed by atoms with Crippen molar-refractivity contribution in [1.29, 1.82) is 5.26 Å². The van der Waals surface area contributed by atoms with Gasteiger partial charge in [0.1, 0.15) is 11.9 Å². The van der Waals surface area contributed by atoms with Gasteiger partial charge in [0, 0.05) is 31.0 Å². The highest BCUT2D eigenvalue weighted by Crippen LogP contribution is 2.15. The lowest BCUT2D eigenvalue weighted by Crippen LogP contribution is -2.23. The van der Waals surface area contributed by atoms with E-state index in [1.165, 1.54) is 6.07 Å². The maximum Gasteiger partial charge on any atom is 0.145 e. The van der Waals surface area contributed by atoms with Gasteiger partial charge in [-0.3, -0.25) is 9.88 Å². The summed E-state index contributed by atoms with van der Waals surface area (Å²) in [5.74, 6) is -0.414. The molecule has 0 radical (unpaired) electrons. The molecule has 0 aliphatic heterocycles. The van der Waals surface area contributed by atoms with Crippen molar-refractivity contribution in [3.63, 3.8) is 0 Å². The van der Waals surface area contributed by atoms with Crippen molar-refractivity contribution in [2.24, 2.45) is 0 Å². The normalized spacial score (nSPS) is 10.5. The van der Waals surface area contributed by atoms with Crippen LogP contribution in [0.2, 0.25) is 0 Å². The summed E-state index contributed by atoms with van der Waals surface area (Å²) < 4.78 is 14.0. The summed E-state index contributed by atoms with van der Waals surface area (Å²) in [6.45, 7) is 4.06. The molecule has 3 nitrogen and oxygen atoms in total. The molecule has 0 aliphatic carbocycles. The molecule has 0 saturated heterocycles. The maximum absolute atomic E-state index is 14.0. The van der Waals surface area contributed by atoms with Gasteiger partial charge in [0.2, 0.25) is 0 Å².